The zero-order valence-electron chi connectivity index (χ0n) is 10.4. The highest BCUT2D eigenvalue weighted by Gasteiger charge is 2.31. The molecule has 2 N–H and O–H groups in total. The maximum absolute atomic E-state index is 6.08. The van der Waals surface area contributed by atoms with Gasteiger partial charge in [0.15, 0.2) is 0 Å². The minimum atomic E-state index is -0.0364. The van der Waals surface area contributed by atoms with E-state index in [9.17, 15) is 0 Å². The van der Waals surface area contributed by atoms with Crippen molar-refractivity contribution in [3.8, 4) is 0 Å². The quantitative estimate of drug-likeness (QED) is 0.850. The maximum Gasteiger partial charge on any atom is 0.0804 e. The van der Waals surface area contributed by atoms with Gasteiger partial charge in [-0.15, -0.1) is 0 Å². The van der Waals surface area contributed by atoms with Crippen molar-refractivity contribution in [2.75, 3.05) is 13.2 Å². The predicted octanol–water partition coefficient (Wildman–Crippen LogP) is 2.30. The fourth-order valence-corrected chi connectivity index (χ4v) is 2.54. The van der Waals surface area contributed by atoms with Crippen LogP contribution in [0.25, 0.3) is 0 Å². The van der Waals surface area contributed by atoms with Crippen LogP contribution in [0, 0.1) is 0 Å². The summed E-state index contributed by atoms with van der Waals surface area (Å²) in [5, 5.41) is 0. The molecular formula is C14H22N2O. The maximum atomic E-state index is 6.08. The lowest BCUT2D eigenvalue weighted by molar-refractivity contribution is -0.0618. The largest absolute Gasteiger partial charge is 0.373 e. The van der Waals surface area contributed by atoms with Crippen molar-refractivity contribution >= 4 is 0 Å². The van der Waals surface area contributed by atoms with Crippen LogP contribution in [0.4, 0.5) is 0 Å². The van der Waals surface area contributed by atoms with Gasteiger partial charge in [0.05, 0.1) is 12.2 Å². The first-order valence-electron chi connectivity index (χ1n) is 6.58. The summed E-state index contributed by atoms with van der Waals surface area (Å²) in [6.45, 7) is 1.42. The molecule has 1 fully saturated rings. The molecule has 3 nitrogen and oxygen atoms in total. The molecule has 1 aromatic rings. The Hall–Kier alpha value is -0.930. The van der Waals surface area contributed by atoms with Crippen molar-refractivity contribution < 1.29 is 4.74 Å². The zero-order chi connectivity index (χ0) is 12.0. The van der Waals surface area contributed by atoms with E-state index in [2.05, 4.69) is 4.98 Å². The standard InChI is InChI=1S/C14H22N2O/c15-12-14(7-2-1-3-8-14)17-11-6-13-4-9-16-10-5-13/h4-5,9-10H,1-3,6-8,11-12,15H2. The van der Waals surface area contributed by atoms with Crippen LogP contribution in [-0.4, -0.2) is 23.7 Å². The average Bonchev–Trinajstić information content (AvgIpc) is 2.41. The number of nitrogens with zero attached hydrogens (tertiary/aromatic N) is 1. The van der Waals surface area contributed by atoms with Crippen LogP contribution >= 0.6 is 0 Å². The molecule has 0 spiro atoms. The third-order valence-electron chi connectivity index (χ3n) is 3.69. The smallest absolute Gasteiger partial charge is 0.0804 e. The molecule has 0 bridgehead atoms. The van der Waals surface area contributed by atoms with Crippen molar-refractivity contribution in [1.29, 1.82) is 0 Å². The molecule has 1 aromatic heterocycles. The Kier molecular flexibility index (Phi) is 4.51. The van der Waals surface area contributed by atoms with E-state index in [4.69, 9.17) is 10.5 Å². The van der Waals surface area contributed by atoms with Crippen LogP contribution in [0.15, 0.2) is 24.5 Å². The van der Waals surface area contributed by atoms with Gasteiger partial charge in [-0.1, -0.05) is 19.3 Å². The van der Waals surface area contributed by atoms with Gasteiger partial charge in [0.25, 0.3) is 0 Å². The predicted molar refractivity (Wildman–Crippen MR) is 68.8 cm³/mol. The van der Waals surface area contributed by atoms with Crippen molar-refractivity contribution in [2.24, 2.45) is 5.73 Å². The van der Waals surface area contributed by atoms with Gasteiger partial charge in [-0.05, 0) is 37.0 Å². The molecule has 0 atom stereocenters. The summed E-state index contributed by atoms with van der Waals surface area (Å²) in [6, 6.07) is 4.08. The van der Waals surface area contributed by atoms with Crippen LogP contribution in [-0.2, 0) is 11.2 Å². The van der Waals surface area contributed by atoms with Gasteiger partial charge in [0.2, 0.25) is 0 Å². The first-order valence-corrected chi connectivity index (χ1v) is 6.58. The monoisotopic (exact) mass is 234 g/mol. The molecule has 94 valence electrons. The van der Waals surface area contributed by atoms with Gasteiger partial charge in [0, 0.05) is 18.9 Å². The van der Waals surface area contributed by atoms with Crippen LogP contribution in [0.1, 0.15) is 37.7 Å². The van der Waals surface area contributed by atoms with Gasteiger partial charge in [-0.3, -0.25) is 4.98 Å². The van der Waals surface area contributed by atoms with Crippen LogP contribution in [0.5, 0.6) is 0 Å². The highest BCUT2D eigenvalue weighted by molar-refractivity contribution is 5.09. The summed E-state index contributed by atoms with van der Waals surface area (Å²) in [7, 11) is 0. The lowest BCUT2D eigenvalue weighted by Gasteiger charge is -2.36. The number of aromatic nitrogens is 1. The minimum Gasteiger partial charge on any atom is -0.373 e. The van der Waals surface area contributed by atoms with Crippen molar-refractivity contribution in [3.63, 3.8) is 0 Å². The fourth-order valence-electron chi connectivity index (χ4n) is 2.54. The van der Waals surface area contributed by atoms with E-state index in [1.165, 1.54) is 24.8 Å². The van der Waals surface area contributed by atoms with E-state index in [0.29, 0.717) is 6.54 Å². The van der Waals surface area contributed by atoms with Gasteiger partial charge in [0.1, 0.15) is 0 Å². The molecule has 0 aromatic carbocycles. The highest BCUT2D eigenvalue weighted by Crippen LogP contribution is 2.30. The van der Waals surface area contributed by atoms with Gasteiger partial charge in [-0.2, -0.15) is 0 Å². The SMILES string of the molecule is NCC1(OCCc2ccncc2)CCCCC1. The van der Waals surface area contributed by atoms with Gasteiger partial charge in [-0.25, -0.2) is 0 Å². The summed E-state index contributed by atoms with van der Waals surface area (Å²) >= 11 is 0. The number of ether oxygens (including phenoxy) is 1. The Morgan fingerprint density at radius 2 is 1.88 bits per heavy atom. The van der Waals surface area contributed by atoms with E-state index >= 15 is 0 Å². The molecule has 1 heterocycles. The van der Waals surface area contributed by atoms with Crippen molar-refractivity contribution in [1.82, 2.24) is 4.98 Å². The van der Waals surface area contributed by atoms with Crippen LogP contribution in [0.3, 0.4) is 0 Å². The second-order valence-electron chi connectivity index (χ2n) is 4.90. The van der Waals surface area contributed by atoms with E-state index in [1.807, 2.05) is 24.5 Å². The summed E-state index contributed by atoms with van der Waals surface area (Å²) in [4.78, 5) is 4.01. The molecule has 1 saturated carbocycles. The Morgan fingerprint density at radius 1 is 1.18 bits per heavy atom. The second-order valence-corrected chi connectivity index (χ2v) is 4.90. The Balaban J connectivity index is 1.80. The molecule has 0 aliphatic heterocycles. The molecule has 0 radical (unpaired) electrons. The molecule has 0 saturated heterocycles. The second kappa shape index (κ2) is 6.12. The first kappa shape index (κ1) is 12.5. The molecule has 0 amide bonds. The lowest BCUT2D eigenvalue weighted by atomic mass is 9.84. The average molecular weight is 234 g/mol. The first-order chi connectivity index (χ1) is 8.35. The molecule has 3 heteroatoms. The fraction of sp³-hybridized carbons (Fsp3) is 0.643. The Labute approximate surface area is 103 Å². The summed E-state index contributed by atoms with van der Waals surface area (Å²) in [5.74, 6) is 0. The van der Waals surface area contributed by atoms with E-state index in [-0.39, 0.29) is 5.60 Å². The summed E-state index contributed by atoms with van der Waals surface area (Å²) in [6.07, 6.45) is 10.7. The summed E-state index contributed by atoms with van der Waals surface area (Å²) in [5.41, 5.74) is 7.13. The topological polar surface area (TPSA) is 48.1 Å². The van der Waals surface area contributed by atoms with E-state index < -0.39 is 0 Å². The van der Waals surface area contributed by atoms with Gasteiger partial charge < -0.3 is 10.5 Å². The van der Waals surface area contributed by atoms with Crippen molar-refractivity contribution in [3.05, 3.63) is 30.1 Å². The number of rotatable bonds is 5. The van der Waals surface area contributed by atoms with Gasteiger partial charge >= 0.3 is 0 Å². The van der Waals surface area contributed by atoms with Crippen LogP contribution < -0.4 is 5.73 Å². The molecular weight excluding hydrogens is 212 g/mol. The normalized spacial score (nSPS) is 19.1. The van der Waals surface area contributed by atoms with E-state index in [0.717, 1.165) is 25.9 Å². The number of hydrogen-bond donors (Lipinski definition) is 1. The molecule has 1 aliphatic rings. The molecule has 2 rings (SSSR count). The highest BCUT2D eigenvalue weighted by atomic mass is 16.5. The molecule has 17 heavy (non-hydrogen) atoms. The van der Waals surface area contributed by atoms with Crippen molar-refractivity contribution in [2.45, 2.75) is 44.1 Å². The minimum absolute atomic E-state index is 0.0364. The third-order valence-corrected chi connectivity index (χ3v) is 3.69. The Morgan fingerprint density at radius 3 is 2.53 bits per heavy atom. The third kappa shape index (κ3) is 3.51. The number of pyridine rings is 1. The Bertz CT molecular complexity index is 320. The lowest BCUT2D eigenvalue weighted by Crippen LogP contribution is -2.43. The number of nitrogens with two attached hydrogens (primary N) is 1. The zero-order valence-corrected chi connectivity index (χ0v) is 10.4. The molecule has 0 unspecified atom stereocenters. The van der Waals surface area contributed by atoms with E-state index in [1.54, 1.807) is 0 Å². The summed E-state index contributed by atoms with van der Waals surface area (Å²) < 4.78 is 6.08. The molecule has 1 aliphatic carbocycles. The number of hydrogen-bond acceptors (Lipinski definition) is 3. The van der Waals surface area contributed by atoms with Crippen LogP contribution in [0.2, 0.25) is 0 Å².